The molecule has 2 heterocycles. The van der Waals surface area contributed by atoms with E-state index in [2.05, 4.69) is 22.3 Å². The van der Waals surface area contributed by atoms with Crippen LogP contribution < -0.4 is 0 Å². The Kier molecular flexibility index (Phi) is 4.18. The average Bonchev–Trinajstić information content (AvgIpc) is 2.96. The van der Waals surface area contributed by atoms with E-state index in [1.54, 1.807) is 0 Å². The zero-order valence-corrected chi connectivity index (χ0v) is 13.1. The number of hydrogen-bond acceptors (Lipinski definition) is 4. The van der Waals surface area contributed by atoms with E-state index in [0.29, 0.717) is 11.7 Å². The van der Waals surface area contributed by atoms with Gasteiger partial charge >= 0.3 is 0 Å². The fourth-order valence-corrected chi connectivity index (χ4v) is 2.77. The minimum absolute atomic E-state index is 0.0689. The zero-order chi connectivity index (χ0) is 15.5. The Hall–Kier alpha value is -2.24. The third-order valence-corrected chi connectivity index (χ3v) is 4.05. The van der Waals surface area contributed by atoms with Crippen molar-refractivity contribution in [1.29, 1.82) is 0 Å². The predicted molar refractivity (Wildman–Crippen MR) is 83.0 cm³/mol. The van der Waals surface area contributed by atoms with Crippen molar-refractivity contribution >= 4 is 5.91 Å². The van der Waals surface area contributed by atoms with Crippen molar-refractivity contribution in [1.82, 2.24) is 25.1 Å². The summed E-state index contributed by atoms with van der Waals surface area (Å²) in [5, 5.41) is 12.3. The molecule has 116 valence electrons. The number of rotatable bonds is 3. The number of piperidine rings is 1. The second kappa shape index (κ2) is 6.25. The molecule has 22 heavy (non-hydrogen) atoms. The highest BCUT2D eigenvalue weighted by molar-refractivity contribution is 5.75. The van der Waals surface area contributed by atoms with Crippen LogP contribution in [0.5, 0.6) is 0 Å². The molecule has 1 aromatic heterocycles. The van der Waals surface area contributed by atoms with Gasteiger partial charge in [0.15, 0.2) is 0 Å². The number of carbonyl (C=O) groups excluding carboxylic acids is 1. The molecule has 1 fully saturated rings. The smallest absolute Gasteiger partial charge is 0.246 e. The monoisotopic (exact) mass is 299 g/mol. The van der Waals surface area contributed by atoms with Crippen LogP contribution in [0.25, 0.3) is 11.4 Å². The number of hydrogen-bond donors (Lipinski definition) is 0. The average molecular weight is 299 g/mol. The molecule has 0 spiro atoms. The minimum Gasteiger partial charge on any atom is -0.341 e. The summed E-state index contributed by atoms with van der Waals surface area (Å²) < 4.78 is 0. The lowest BCUT2D eigenvalue weighted by Gasteiger charge is -2.30. The summed E-state index contributed by atoms with van der Waals surface area (Å²) in [4.78, 5) is 15.6. The number of tetrazole rings is 1. The van der Waals surface area contributed by atoms with Gasteiger partial charge in [0.05, 0.1) is 0 Å². The number of amides is 1. The van der Waals surface area contributed by atoms with Gasteiger partial charge < -0.3 is 4.90 Å². The van der Waals surface area contributed by atoms with Crippen molar-refractivity contribution in [2.75, 3.05) is 13.1 Å². The Morgan fingerprint density at radius 1 is 1.32 bits per heavy atom. The summed E-state index contributed by atoms with van der Waals surface area (Å²) >= 11 is 0. The molecular formula is C16H21N5O. The van der Waals surface area contributed by atoms with Crippen LogP contribution >= 0.6 is 0 Å². The van der Waals surface area contributed by atoms with E-state index in [4.69, 9.17) is 0 Å². The van der Waals surface area contributed by atoms with Gasteiger partial charge in [-0.3, -0.25) is 4.79 Å². The molecule has 1 amide bonds. The van der Waals surface area contributed by atoms with Crippen LogP contribution in [0.4, 0.5) is 0 Å². The topological polar surface area (TPSA) is 63.9 Å². The first-order chi connectivity index (χ1) is 10.6. The van der Waals surface area contributed by atoms with E-state index in [1.165, 1.54) is 16.8 Å². The van der Waals surface area contributed by atoms with E-state index >= 15 is 0 Å². The SMILES string of the molecule is Cc1ccc(-c2nnn(CC(=O)N3CCC[C@H](C)C3)n2)cc1. The second-order valence-corrected chi connectivity index (χ2v) is 6.10. The summed E-state index contributed by atoms with van der Waals surface area (Å²) in [6.07, 6.45) is 2.27. The number of nitrogens with zero attached hydrogens (tertiary/aromatic N) is 5. The van der Waals surface area contributed by atoms with Gasteiger partial charge in [0.2, 0.25) is 11.7 Å². The third-order valence-electron chi connectivity index (χ3n) is 4.05. The maximum atomic E-state index is 12.3. The molecule has 3 rings (SSSR count). The molecule has 0 radical (unpaired) electrons. The fourth-order valence-electron chi connectivity index (χ4n) is 2.77. The summed E-state index contributed by atoms with van der Waals surface area (Å²) in [5.41, 5.74) is 2.10. The van der Waals surface area contributed by atoms with E-state index in [-0.39, 0.29) is 12.5 Å². The van der Waals surface area contributed by atoms with Gasteiger partial charge in [-0.1, -0.05) is 36.8 Å². The van der Waals surface area contributed by atoms with E-state index in [0.717, 1.165) is 25.1 Å². The van der Waals surface area contributed by atoms with E-state index in [9.17, 15) is 4.79 Å². The van der Waals surface area contributed by atoms with Gasteiger partial charge in [0.1, 0.15) is 6.54 Å². The van der Waals surface area contributed by atoms with Crippen LogP contribution in [-0.2, 0) is 11.3 Å². The highest BCUT2D eigenvalue weighted by Crippen LogP contribution is 2.16. The molecule has 1 aromatic carbocycles. The normalized spacial score (nSPS) is 18.5. The minimum atomic E-state index is 0.0689. The molecule has 6 heteroatoms. The quantitative estimate of drug-likeness (QED) is 0.868. The molecule has 1 atom stereocenters. The number of benzene rings is 1. The molecule has 0 N–H and O–H groups in total. The van der Waals surface area contributed by atoms with E-state index < -0.39 is 0 Å². The largest absolute Gasteiger partial charge is 0.341 e. The van der Waals surface area contributed by atoms with Crippen LogP contribution in [0.1, 0.15) is 25.3 Å². The van der Waals surface area contributed by atoms with Crippen LogP contribution in [0.3, 0.4) is 0 Å². The second-order valence-electron chi connectivity index (χ2n) is 6.10. The van der Waals surface area contributed by atoms with Gasteiger partial charge in [-0.2, -0.15) is 4.80 Å². The Morgan fingerprint density at radius 2 is 2.09 bits per heavy atom. The molecule has 1 aliphatic rings. The van der Waals surface area contributed by atoms with Gasteiger partial charge in [0, 0.05) is 18.7 Å². The molecule has 0 aliphatic carbocycles. The summed E-state index contributed by atoms with van der Waals surface area (Å²) in [6.45, 7) is 6.04. The van der Waals surface area contributed by atoms with Crippen LogP contribution in [-0.4, -0.2) is 44.1 Å². The lowest BCUT2D eigenvalue weighted by molar-refractivity contribution is -0.134. The van der Waals surface area contributed by atoms with Crippen LogP contribution in [0.15, 0.2) is 24.3 Å². The first-order valence-electron chi connectivity index (χ1n) is 7.74. The first-order valence-corrected chi connectivity index (χ1v) is 7.74. The highest BCUT2D eigenvalue weighted by Gasteiger charge is 2.21. The Bertz CT molecular complexity index is 649. The molecule has 1 saturated heterocycles. The lowest BCUT2D eigenvalue weighted by atomic mass is 10.0. The maximum absolute atomic E-state index is 12.3. The Balaban J connectivity index is 1.66. The van der Waals surface area contributed by atoms with Crippen molar-refractivity contribution in [3.63, 3.8) is 0 Å². The van der Waals surface area contributed by atoms with Crippen molar-refractivity contribution in [3.8, 4) is 11.4 Å². The van der Waals surface area contributed by atoms with Gasteiger partial charge in [-0.15, -0.1) is 10.2 Å². The summed E-state index contributed by atoms with van der Waals surface area (Å²) in [5.74, 6) is 1.20. The van der Waals surface area contributed by atoms with Crippen molar-refractivity contribution in [2.24, 2.45) is 5.92 Å². The molecule has 0 unspecified atom stereocenters. The van der Waals surface area contributed by atoms with Crippen molar-refractivity contribution in [3.05, 3.63) is 29.8 Å². The number of aromatic nitrogens is 4. The maximum Gasteiger partial charge on any atom is 0.246 e. The number of aryl methyl sites for hydroxylation is 1. The number of carbonyl (C=O) groups is 1. The molecule has 1 aliphatic heterocycles. The van der Waals surface area contributed by atoms with Gasteiger partial charge in [-0.25, -0.2) is 0 Å². The molecular weight excluding hydrogens is 278 g/mol. The lowest BCUT2D eigenvalue weighted by Crippen LogP contribution is -2.41. The number of likely N-dealkylation sites (tertiary alicyclic amines) is 1. The van der Waals surface area contributed by atoms with Gasteiger partial charge in [0.25, 0.3) is 0 Å². The summed E-state index contributed by atoms with van der Waals surface area (Å²) in [6, 6.07) is 7.95. The van der Waals surface area contributed by atoms with Crippen LogP contribution in [0, 0.1) is 12.8 Å². The molecule has 0 bridgehead atoms. The molecule has 0 saturated carbocycles. The molecule has 6 nitrogen and oxygen atoms in total. The van der Waals surface area contributed by atoms with Crippen LogP contribution in [0.2, 0.25) is 0 Å². The van der Waals surface area contributed by atoms with Gasteiger partial charge in [-0.05, 0) is 30.9 Å². The third kappa shape index (κ3) is 3.32. The van der Waals surface area contributed by atoms with E-state index in [1.807, 2.05) is 36.1 Å². The summed E-state index contributed by atoms with van der Waals surface area (Å²) in [7, 11) is 0. The fraction of sp³-hybridized carbons (Fsp3) is 0.500. The predicted octanol–water partition coefficient (Wildman–Crippen LogP) is 1.91. The molecule has 2 aromatic rings. The Labute approximate surface area is 130 Å². The Morgan fingerprint density at radius 3 is 2.82 bits per heavy atom. The first kappa shape index (κ1) is 14.7. The van der Waals surface area contributed by atoms with Crippen molar-refractivity contribution in [2.45, 2.75) is 33.2 Å². The zero-order valence-electron chi connectivity index (χ0n) is 13.1. The highest BCUT2D eigenvalue weighted by atomic mass is 16.2. The van der Waals surface area contributed by atoms with Crippen molar-refractivity contribution < 1.29 is 4.79 Å². The standard InChI is InChI=1S/C16H21N5O/c1-12-5-7-14(8-6-12)16-17-19-21(18-16)11-15(22)20-9-3-4-13(2)10-20/h5-8,13H,3-4,9-11H2,1-2H3/t13-/m0/s1.